The normalized spacial score (nSPS) is 10.3. The second-order valence-electron chi connectivity index (χ2n) is 3.49. The third-order valence-corrected chi connectivity index (χ3v) is 2.15. The summed E-state index contributed by atoms with van der Waals surface area (Å²) >= 11 is 0. The van der Waals surface area contributed by atoms with Crippen molar-refractivity contribution in [1.29, 1.82) is 0 Å². The zero-order valence-corrected chi connectivity index (χ0v) is 8.94. The molecule has 0 saturated heterocycles. The quantitative estimate of drug-likeness (QED) is 0.824. The van der Waals surface area contributed by atoms with E-state index in [1.807, 2.05) is 42.9 Å². The van der Waals surface area contributed by atoms with Gasteiger partial charge >= 0.3 is 0 Å². The molecule has 0 fully saturated rings. The molecule has 2 aromatic heterocycles. The van der Waals surface area contributed by atoms with E-state index < -0.39 is 0 Å². The molecule has 0 unspecified atom stereocenters. The van der Waals surface area contributed by atoms with E-state index in [4.69, 9.17) is 0 Å². The number of hydrogen-bond donors (Lipinski definition) is 1. The van der Waals surface area contributed by atoms with Crippen LogP contribution in [0.25, 0.3) is 0 Å². The summed E-state index contributed by atoms with van der Waals surface area (Å²) in [4.78, 5) is 8.58. The van der Waals surface area contributed by atoms with E-state index in [-0.39, 0.29) is 0 Å². The molecule has 78 valence electrons. The first-order chi connectivity index (χ1) is 7.25. The molecule has 0 bridgehead atoms. The third kappa shape index (κ3) is 2.34. The summed E-state index contributed by atoms with van der Waals surface area (Å²) < 4.78 is 1.97. The molecular formula is C11H14N4. The topological polar surface area (TPSA) is 42.7 Å². The number of aryl methyl sites for hydroxylation is 2. The SMILES string of the molecule is Cc1cn(C)c(NCc2ccccn2)n1. The van der Waals surface area contributed by atoms with Gasteiger partial charge in [0, 0.05) is 19.4 Å². The summed E-state index contributed by atoms with van der Waals surface area (Å²) in [6.45, 7) is 2.68. The molecule has 0 aliphatic rings. The second-order valence-corrected chi connectivity index (χ2v) is 3.49. The van der Waals surface area contributed by atoms with Gasteiger partial charge in [0.2, 0.25) is 5.95 Å². The Hall–Kier alpha value is -1.84. The van der Waals surface area contributed by atoms with Crippen LogP contribution >= 0.6 is 0 Å². The molecule has 0 saturated carbocycles. The molecule has 2 heterocycles. The molecule has 15 heavy (non-hydrogen) atoms. The van der Waals surface area contributed by atoms with Crippen LogP contribution in [0.3, 0.4) is 0 Å². The fourth-order valence-corrected chi connectivity index (χ4v) is 1.45. The Bertz CT molecular complexity index is 433. The standard InChI is InChI=1S/C11H14N4/c1-9-8-15(2)11(14-9)13-7-10-5-3-4-6-12-10/h3-6,8H,7H2,1-2H3,(H,13,14). The summed E-state index contributed by atoms with van der Waals surface area (Å²) in [5.41, 5.74) is 2.03. The van der Waals surface area contributed by atoms with Gasteiger partial charge in [0.15, 0.2) is 0 Å². The fourth-order valence-electron chi connectivity index (χ4n) is 1.45. The minimum Gasteiger partial charge on any atom is -0.350 e. The van der Waals surface area contributed by atoms with Gasteiger partial charge in [0.25, 0.3) is 0 Å². The first-order valence-electron chi connectivity index (χ1n) is 4.89. The van der Waals surface area contributed by atoms with E-state index in [9.17, 15) is 0 Å². The highest BCUT2D eigenvalue weighted by Gasteiger charge is 2.01. The van der Waals surface area contributed by atoms with Crippen LogP contribution in [-0.4, -0.2) is 14.5 Å². The summed E-state index contributed by atoms with van der Waals surface area (Å²) in [7, 11) is 1.97. The van der Waals surface area contributed by atoms with Gasteiger partial charge in [-0.1, -0.05) is 6.07 Å². The van der Waals surface area contributed by atoms with Gasteiger partial charge in [0.05, 0.1) is 17.9 Å². The largest absolute Gasteiger partial charge is 0.350 e. The molecular weight excluding hydrogens is 188 g/mol. The average molecular weight is 202 g/mol. The lowest BCUT2D eigenvalue weighted by Gasteiger charge is -2.04. The zero-order chi connectivity index (χ0) is 10.7. The maximum atomic E-state index is 4.35. The number of aromatic nitrogens is 3. The molecule has 0 amide bonds. The van der Waals surface area contributed by atoms with Crippen molar-refractivity contribution >= 4 is 5.95 Å². The Kier molecular flexibility index (Phi) is 2.67. The van der Waals surface area contributed by atoms with Crippen LogP contribution in [0.2, 0.25) is 0 Å². The monoisotopic (exact) mass is 202 g/mol. The van der Waals surface area contributed by atoms with Gasteiger partial charge in [-0.2, -0.15) is 0 Å². The minimum absolute atomic E-state index is 0.700. The fraction of sp³-hybridized carbons (Fsp3) is 0.273. The van der Waals surface area contributed by atoms with Crippen LogP contribution in [0.1, 0.15) is 11.4 Å². The van der Waals surface area contributed by atoms with E-state index in [1.165, 1.54) is 0 Å². The van der Waals surface area contributed by atoms with Crippen molar-refractivity contribution in [3.05, 3.63) is 42.0 Å². The van der Waals surface area contributed by atoms with Crippen molar-refractivity contribution in [2.75, 3.05) is 5.32 Å². The number of hydrogen-bond acceptors (Lipinski definition) is 3. The minimum atomic E-state index is 0.700. The number of nitrogens with zero attached hydrogens (tertiary/aromatic N) is 3. The highest BCUT2D eigenvalue weighted by molar-refractivity contribution is 5.29. The van der Waals surface area contributed by atoms with Gasteiger partial charge in [-0.15, -0.1) is 0 Å². The molecule has 0 aromatic carbocycles. The Morgan fingerprint density at radius 1 is 1.40 bits per heavy atom. The van der Waals surface area contributed by atoms with Crippen molar-refractivity contribution in [2.24, 2.45) is 7.05 Å². The van der Waals surface area contributed by atoms with Crippen LogP contribution in [0.4, 0.5) is 5.95 Å². The smallest absolute Gasteiger partial charge is 0.203 e. The predicted molar refractivity (Wildman–Crippen MR) is 59.5 cm³/mol. The Labute approximate surface area is 89.0 Å². The lowest BCUT2D eigenvalue weighted by Crippen LogP contribution is -2.05. The number of anilines is 1. The molecule has 0 aliphatic heterocycles. The molecule has 1 N–H and O–H groups in total. The molecule has 4 heteroatoms. The van der Waals surface area contributed by atoms with E-state index in [0.717, 1.165) is 17.3 Å². The summed E-state index contributed by atoms with van der Waals surface area (Å²) in [6, 6.07) is 5.88. The summed E-state index contributed by atoms with van der Waals surface area (Å²) in [5, 5.41) is 3.24. The Morgan fingerprint density at radius 2 is 2.27 bits per heavy atom. The number of nitrogens with one attached hydrogen (secondary N) is 1. The number of imidazole rings is 1. The molecule has 0 aliphatic carbocycles. The average Bonchev–Trinajstić information content (AvgIpc) is 2.56. The molecule has 2 aromatic rings. The van der Waals surface area contributed by atoms with Crippen molar-refractivity contribution in [1.82, 2.24) is 14.5 Å². The van der Waals surface area contributed by atoms with Crippen LogP contribution in [0.15, 0.2) is 30.6 Å². The van der Waals surface area contributed by atoms with Gasteiger partial charge < -0.3 is 9.88 Å². The van der Waals surface area contributed by atoms with Crippen LogP contribution in [0, 0.1) is 6.92 Å². The van der Waals surface area contributed by atoms with E-state index in [1.54, 1.807) is 6.20 Å². The number of pyridine rings is 1. The van der Waals surface area contributed by atoms with Crippen molar-refractivity contribution in [3.63, 3.8) is 0 Å². The highest BCUT2D eigenvalue weighted by Crippen LogP contribution is 2.06. The van der Waals surface area contributed by atoms with Crippen molar-refractivity contribution in [3.8, 4) is 0 Å². The lowest BCUT2D eigenvalue weighted by atomic mass is 10.3. The van der Waals surface area contributed by atoms with Gasteiger partial charge in [-0.25, -0.2) is 4.98 Å². The van der Waals surface area contributed by atoms with E-state index in [0.29, 0.717) is 6.54 Å². The first-order valence-corrected chi connectivity index (χ1v) is 4.89. The Balaban J connectivity index is 2.02. The predicted octanol–water partition coefficient (Wildman–Crippen LogP) is 1.74. The van der Waals surface area contributed by atoms with Gasteiger partial charge in [0.1, 0.15) is 0 Å². The maximum Gasteiger partial charge on any atom is 0.203 e. The van der Waals surface area contributed by atoms with Gasteiger partial charge in [-0.05, 0) is 19.1 Å². The van der Waals surface area contributed by atoms with Crippen LogP contribution < -0.4 is 5.32 Å². The Morgan fingerprint density at radius 3 is 2.87 bits per heavy atom. The lowest BCUT2D eigenvalue weighted by molar-refractivity contribution is 0.892. The summed E-state index contributed by atoms with van der Waals surface area (Å²) in [5.74, 6) is 0.873. The molecule has 0 radical (unpaired) electrons. The number of rotatable bonds is 3. The molecule has 4 nitrogen and oxygen atoms in total. The van der Waals surface area contributed by atoms with Crippen LogP contribution in [-0.2, 0) is 13.6 Å². The van der Waals surface area contributed by atoms with Crippen molar-refractivity contribution in [2.45, 2.75) is 13.5 Å². The second kappa shape index (κ2) is 4.13. The molecule has 2 rings (SSSR count). The molecule has 0 spiro atoms. The highest BCUT2D eigenvalue weighted by atomic mass is 15.2. The van der Waals surface area contributed by atoms with E-state index >= 15 is 0 Å². The third-order valence-electron chi connectivity index (χ3n) is 2.15. The maximum absolute atomic E-state index is 4.35. The van der Waals surface area contributed by atoms with E-state index in [2.05, 4.69) is 15.3 Å². The first kappa shape index (κ1) is 9.71. The zero-order valence-electron chi connectivity index (χ0n) is 8.94. The molecule has 0 atom stereocenters. The summed E-state index contributed by atoms with van der Waals surface area (Å²) in [6.07, 6.45) is 3.78. The van der Waals surface area contributed by atoms with Gasteiger partial charge in [-0.3, -0.25) is 4.98 Å². The van der Waals surface area contributed by atoms with Crippen molar-refractivity contribution < 1.29 is 0 Å². The van der Waals surface area contributed by atoms with Crippen LogP contribution in [0.5, 0.6) is 0 Å².